The second kappa shape index (κ2) is 5.56. The molecule has 0 aliphatic carbocycles. The van der Waals surface area contributed by atoms with E-state index in [4.69, 9.17) is 0 Å². The van der Waals surface area contributed by atoms with Crippen LogP contribution in [0.15, 0.2) is 35.7 Å². The van der Waals surface area contributed by atoms with Gasteiger partial charge in [-0.3, -0.25) is 4.79 Å². The van der Waals surface area contributed by atoms with Crippen LogP contribution >= 0.6 is 11.3 Å². The van der Waals surface area contributed by atoms with E-state index in [1.54, 1.807) is 11.8 Å². The van der Waals surface area contributed by atoms with Gasteiger partial charge in [0.05, 0.1) is 18.7 Å². The summed E-state index contributed by atoms with van der Waals surface area (Å²) in [5.41, 5.74) is 0.572. The van der Waals surface area contributed by atoms with E-state index < -0.39 is 5.67 Å². The first-order valence-electron chi connectivity index (χ1n) is 7.00. The number of benzene rings is 1. The molecule has 110 valence electrons. The van der Waals surface area contributed by atoms with Gasteiger partial charge in [0.25, 0.3) is 0 Å². The molecule has 0 N–H and O–H groups in total. The normalized spacial score (nSPS) is 21.7. The van der Waals surface area contributed by atoms with Gasteiger partial charge in [0.1, 0.15) is 10.7 Å². The molecule has 1 fully saturated rings. The zero-order chi connectivity index (χ0) is 14.9. The summed E-state index contributed by atoms with van der Waals surface area (Å²) in [5, 5.41) is 2.82. The Hall–Kier alpha value is -1.75. The van der Waals surface area contributed by atoms with Crippen LogP contribution in [0.2, 0.25) is 0 Å². The molecule has 1 aliphatic rings. The zero-order valence-corrected chi connectivity index (χ0v) is 12.7. The van der Waals surface area contributed by atoms with Crippen molar-refractivity contribution >= 4 is 17.2 Å². The maximum atomic E-state index is 13.8. The van der Waals surface area contributed by atoms with Crippen molar-refractivity contribution in [3.8, 4) is 10.6 Å². The fourth-order valence-electron chi connectivity index (χ4n) is 2.51. The molecular formula is C16H17FN2OS. The van der Waals surface area contributed by atoms with E-state index in [0.717, 1.165) is 16.3 Å². The molecular weight excluding hydrogens is 287 g/mol. The van der Waals surface area contributed by atoms with Gasteiger partial charge in [0.2, 0.25) is 5.91 Å². The highest BCUT2D eigenvalue weighted by molar-refractivity contribution is 7.13. The third kappa shape index (κ3) is 3.29. The maximum absolute atomic E-state index is 13.8. The van der Waals surface area contributed by atoms with E-state index in [0.29, 0.717) is 13.0 Å². The number of carbonyl (C=O) groups excluding carboxylic acids is 1. The highest BCUT2D eigenvalue weighted by atomic mass is 32.1. The van der Waals surface area contributed by atoms with Gasteiger partial charge in [-0.1, -0.05) is 30.3 Å². The summed E-state index contributed by atoms with van der Waals surface area (Å²) in [4.78, 5) is 18.3. The third-order valence-corrected chi connectivity index (χ3v) is 4.62. The van der Waals surface area contributed by atoms with Crippen LogP contribution in [0.5, 0.6) is 0 Å². The molecule has 1 atom stereocenters. The van der Waals surface area contributed by atoms with E-state index >= 15 is 0 Å². The molecule has 0 saturated carbocycles. The molecule has 1 aliphatic heterocycles. The molecule has 3 rings (SSSR count). The minimum Gasteiger partial charge on any atom is -0.339 e. The number of rotatable bonds is 3. The molecule has 1 unspecified atom stereocenters. The van der Waals surface area contributed by atoms with E-state index in [2.05, 4.69) is 4.98 Å². The summed E-state index contributed by atoms with van der Waals surface area (Å²) in [5.74, 6) is -0.0405. The Balaban J connectivity index is 1.66. The Morgan fingerprint density at radius 3 is 2.86 bits per heavy atom. The largest absolute Gasteiger partial charge is 0.339 e. The fraction of sp³-hybridized carbons (Fsp3) is 0.375. The number of thiazole rings is 1. The first-order chi connectivity index (χ1) is 10.0. The van der Waals surface area contributed by atoms with Gasteiger partial charge >= 0.3 is 0 Å². The Bertz CT molecular complexity index is 639. The zero-order valence-electron chi connectivity index (χ0n) is 11.9. The lowest BCUT2D eigenvalue weighted by Gasteiger charge is -2.16. The van der Waals surface area contributed by atoms with Crippen LogP contribution in [-0.4, -0.2) is 34.5 Å². The van der Waals surface area contributed by atoms with Gasteiger partial charge in [0.15, 0.2) is 0 Å². The van der Waals surface area contributed by atoms with Crippen LogP contribution in [0.25, 0.3) is 10.6 Å². The predicted octanol–water partition coefficient (Wildman–Crippen LogP) is 3.31. The number of likely N-dealkylation sites (tertiary alicyclic amines) is 1. The van der Waals surface area contributed by atoms with E-state index in [1.165, 1.54) is 11.3 Å². The topological polar surface area (TPSA) is 33.2 Å². The molecule has 3 nitrogen and oxygen atoms in total. The number of amides is 1. The van der Waals surface area contributed by atoms with Crippen molar-refractivity contribution in [2.45, 2.75) is 25.4 Å². The second-order valence-corrected chi connectivity index (χ2v) is 6.52. The third-order valence-electron chi connectivity index (χ3n) is 3.68. The molecule has 0 spiro atoms. The van der Waals surface area contributed by atoms with Gasteiger partial charge in [-0.25, -0.2) is 9.37 Å². The van der Waals surface area contributed by atoms with Crippen LogP contribution in [0, 0.1) is 0 Å². The number of aromatic nitrogens is 1. The summed E-state index contributed by atoms with van der Waals surface area (Å²) in [6.45, 7) is 2.25. The second-order valence-electron chi connectivity index (χ2n) is 5.67. The number of nitrogens with zero attached hydrogens (tertiary/aromatic N) is 2. The number of halogens is 1. The van der Waals surface area contributed by atoms with Crippen molar-refractivity contribution in [1.29, 1.82) is 0 Å². The SMILES string of the molecule is CC1(F)CCN(C(=O)Cc2csc(-c3ccccc3)n2)C1. The monoisotopic (exact) mass is 304 g/mol. The van der Waals surface area contributed by atoms with Crippen molar-refractivity contribution in [2.75, 3.05) is 13.1 Å². The molecule has 2 heterocycles. The lowest BCUT2D eigenvalue weighted by Crippen LogP contribution is -2.33. The van der Waals surface area contributed by atoms with Crippen LogP contribution in [-0.2, 0) is 11.2 Å². The summed E-state index contributed by atoms with van der Waals surface area (Å²) >= 11 is 1.53. The molecule has 0 radical (unpaired) electrons. The molecule has 5 heteroatoms. The van der Waals surface area contributed by atoms with Crippen molar-refractivity contribution < 1.29 is 9.18 Å². The lowest BCUT2D eigenvalue weighted by molar-refractivity contribution is -0.129. The van der Waals surface area contributed by atoms with E-state index in [9.17, 15) is 9.18 Å². The van der Waals surface area contributed by atoms with Crippen molar-refractivity contribution in [1.82, 2.24) is 9.88 Å². The minimum absolute atomic E-state index is 0.0405. The number of alkyl halides is 1. The number of hydrogen-bond acceptors (Lipinski definition) is 3. The summed E-state index contributed by atoms with van der Waals surface area (Å²) in [6, 6.07) is 9.89. The van der Waals surface area contributed by atoms with Gasteiger partial charge in [-0.05, 0) is 6.92 Å². The summed E-state index contributed by atoms with van der Waals surface area (Å²) in [6.07, 6.45) is 0.671. The van der Waals surface area contributed by atoms with Crippen molar-refractivity contribution in [2.24, 2.45) is 0 Å². The Kier molecular flexibility index (Phi) is 3.76. The van der Waals surface area contributed by atoms with Crippen LogP contribution < -0.4 is 0 Å². The number of carbonyl (C=O) groups is 1. The van der Waals surface area contributed by atoms with Crippen molar-refractivity contribution in [3.05, 3.63) is 41.4 Å². The quantitative estimate of drug-likeness (QED) is 0.871. The molecule has 1 amide bonds. The summed E-state index contributed by atoms with van der Waals surface area (Å²) in [7, 11) is 0. The van der Waals surface area contributed by atoms with Gasteiger partial charge in [0, 0.05) is 23.9 Å². The molecule has 2 aromatic rings. The van der Waals surface area contributed by atoms with E-state index in [1.807, 2.05) is 35.7 Å². The molecule has 21 heavy (non-hydrogen) atoms. The van der Waals surface area contributed by atoms with Gasteiger partial charge in [-0.15, -0.1) is 11.3 Å². The maximum Gasteiger partial charge on any atom is 0.228 e. The van der Waals surface area contributed by atoms with E-state index in [-0.39, 0.29) is 18.9 Å². The van der Waals surface area contributed by atoms with Crippen LogP contribution in [0.1, 0.15) is 19.0 Å². The minimum atomic E-state index is -1.24. The molecule has 0 bridgehead atoms. The van der Waals surface area contributed by atoms with Crippen LogP contribution in [0.3, 0.4) is 0 Å². The highest BCUT2D eigenvalue weighted by Gasteiger charge is 2.35. The predicted molar refractivity (Wildman–Crippen MR) is 82.0 cm³/mol. The Labute approximate surface area is 127 Å². The molecule has 1 aromatic carbocycles. The first kappa shape index (κ1) is 14.2. The Morgan fingerprint density at radius 2 is 2.19 bits per heavy atom. The first-order valence-corrected chi connectivity index (χ1v) is 7.88. The van der Waals surface area contributed by atoms with Crippen LogP contribution in [0.4, 0.5) is 4.39 Å². The smallest absolute Gasteiger partial charge is 0.228 e. The standard InChI is InChI=1S/C16H17FN2OS/c1-16(17)7-8-19(11-16)14(20)9-13-10-21-15(18-13)12-5-3-2-4-6-12/h2-6,10H,7-9,11H2,1H3. The van der Waals surface area contributed by atoms with Gasteiger partial charge < -0.3 is 4.90 Å². The van der Waals surface area contributed by atoms with Gasteiger partial charge in [-0.2, -0.15) is 0 Å². The number of hydrogen-bond donors (Lipinski definition) is 0. The molecule has 1 saturated heterocycles. The summed E-state index contributed by atoms with van der Waals surface area (Å²) < 4.78 is 13.8. The average Bonchev–Trinajstić information content (AvgIpc) is 3.06. The molecule has 1 aromatic heterocycles. The Morgan fingerprint density at radius 1 is 1.43 bits per heavy atom. The lowest BCUT2D eigenvalue weighted by atomic mass is 10.1. The fourth-order valence-corrected chi connectivity index (χ4v) is 3.33. The highest BCUT2D eigenvalue weighted by Crippen LogP contribution is 2.26. The average molecular weight is 304 g/mol. The van der Waals surface area contributed by atoms with Crippen molar-refractivity contribution in [3.63, 3.8) is 0 Å².